The third-order valence-corrected chi connectivity index (χ3v) is 5.39. The lowest BCUT2D eigenvalue weighted by molar-refractivity contribution is -0.132. The van der Waals surface area contributed by atoms with Crippen molar-refractivity contribution >= 4 is 23.1 Å². The van der Waals surface area contributed by atoms with Crippen LogP contribution in [0.15, 0.2) is 66.2 Å². The van der Waals surface area contributed by atoms with Crippen molar-refractivity contribution in [2.24, 2.45) is 0 Å². The second-order valence-electron chi connectivity index (χ2n) is 7.52. The number of carbonyl (C=O) groups is 2. The van der Waals surface area contributed by atoms with E-state index in [2.05, 4.69) is 0 Å². The molecule has 1 N–H and O–H groups in total. The maximum Gasteiger partial charge on any atom is 0.300 e. The molecule has 1 unspecified atom stereocenters. The Balaban J connectivity index is 2.03. The molecule has 1 heterocycles. The molecule has 1 amide bonds. The first-order chi connectivity index (χ1) is 15.7. The first kappa shape index (κ1) is 22.1. The molecule has 1 atom stereocenters. The zero-order valence-corrected chi connectivity index (χ0v) is 17.6. The van der Waals surface area contributed by atoms with Gasteiger partial charge >= 0.3 is 0 Å². The van der Waals surface area contributed by atoms with Crippen LogP contribution in [0.5, 0.6) is 5.75 Å². The molecule has 168 valence electrons. The largest absolute Gasteiger partial charge is 0.507 e. The zero-order chi connectivity index (χ0) is 23.9. The van der Waals surface area contributed by atoms with Gasteiger partial charge in [0.05, 0.1) is 30.0 Å². The van der Waals surface area contributed by atoms with Gasteiger partial charge in [0.1, 0.15) is 29.0 Å². The van der Waals surface area contributed by atoms with E-state index < -0.39 is 52.2 Å². The Bertz CT molecular complexity index is 1320. The smallest absolute Gasteiger partial charge is 0.300 e. The summed E-state index contributed by atoms with van der Waals surface area (Å²) in [5, 5.41) is 11.1. The second-order valence-corrected chi connectivity index (χ2v) is 7.52. The highest BCUT2D eigenvalue weighted by Gasteiger charge is 2.48. The first-order valence-electron chi connectivity index (χ1n) is 9.89. The van der Waals surface area contributed by atoms with Crippen molar-refractivity contribution in [1.29, 1.82) is 0 Å². The number of rotatable bonds is 4. The molecule has 1 aliphatic rings. The van der Waals surface area contributed by atoms with Crippen molar-refractivity contribution in [2.45, 2.75) is 13.0 Å². The van der Waals surface area contributed by atoms with E-state index in [4.69, 9.17) is 4.74 Å². The Morgan fingerprint density at radius 1 is 0.970 bits per heavy atom. The SMILES string of the molecule is COc1ccc(F)cc1/C(O)=C1\C(=O)C(=O)N(c2cc(F)ccc2F)C1c1cccc(C)c1. The predicted molar refractivity (Wildman–Crippen MR) is 115 cm³/mol. The van der Waals surface area contributed by atoms with E-state index in [9.17, 15) is 27.9 Å². The molecule has 1 fully saturated rings. The van der Waals surface area contributed by atoms with Crippen LogP contribution in [-0.4, -0.2) is 23.9 Å². The molecule has 1 saturated heterocycles. The molecular weight excluding hydrogens is 435 g/mol. The Hall–Kier alpha value is -4.07. The number of aliphatic hydroxyl groups excluding tert-OH is 1. The lowest BCUT2D eigenvalue weighted by atomic mass is 9.94. The summed E-state index contributed by atoms with van der Waals surface area (Å²) in [5.74, 6) is -5.40. The molecule has 33 heavy (non-hydrogen) atoms. The number of hydrogen-bond donors (Lipinski definition) is 1. The molecule has 3 aromatic carbocycles. The van der Waals surface area contributed by atoms with Crippen LogP contribution in [0.3, 0.4) is 0 Å². The molecular formula is C25H18F3NO4. The first-order valence-corrected chi connectivity index (χ1v) is 9.89. The number of benzene rings is 3. The van der Waals surface area contributed by atoms with Crippen LogP contribution in [0, 0.1) is 24.4 Å². The van der Waals surface area contributed by atoms with E-state index in [0.717, 1.165) is 40.8 Å². The Morgan fingerprint density at radius 3 is 2.36 bits per heavy atom. The quantitative estimate of drug-likeness (QED) is 0.341. The molecule has 0 aromatic heterocycles. The number of ether oxygens (including phenoxy) is 1. The van der Waals surface area contributed by atoms with E-state index in [-0.39, 0.29) is 11.3 Å². The van der Waals surface area contributed by atoms with Crippen LogP contribution in [0.25, 0.3) is 5.76 Å². The van der Waals surface area contributed by atoms with Crippen molar-refractivity contribution in [3.05, 3.63) is 100 Å². The van der Waals surface area contributed by atoms with Gasteiger partial charge in [0.2, 0.25) is 0 Å². The van der Waals surface area contributed by atoms with Crippen molar-refractivity contribution in [3.8, 4) is 5.75 Å². The van der Waals surface area contributed by atoms with Gasteiger partial charge in [-0.25, -0.2) is 13.2 Å². The zero-order valence-electron chi connectivity index (χ0n) is 17.6. The summed E-state index contributed by atoms with van der Waals surface area (Å²) >= 11 is 0. The average molecular weight is 453 g/mol. The number of carbonyl (C=O) groups excluding carboxylic acids is 2. The number of hydrogen-bond acceptors (Lipinski definition) is 4. The minimum Gasteiger partial charge on any atom is -0.507 e. The molecule has 0 saturated carbocycles. The van der Waals surface area contributed by atoms with Gasteiger partial charge in [-0.3, -0.25) is 14.5 Å². The van der Waals surface area contributed by atoms with Crippen LogP contribution < -0.4 is 9.64 Å². The molecule has 0 spiro atoms. The minimum atomic E-state index is -1.30. The van der Waals surface area contributed by atoms with Crippen molar-refractivity contribution in [3.63, 3.8) is 0 Å². The summed E-state index contributed by atoms with van der Waals surface area (Å²) < 4.78 is 47.8. The summed E-state index contributed by atoms with van der Waals surface area (Å²) in [4.78, 5) is 26.9. The number of aliphatic hydroxyl groups is 1. The molecule has 0 radical (unpaired) electrons. The van der Waals surface area contributed by atoms with Gasteiger partial charge in [-0.2, -0.15) is 0 Å². The van der Waals surface area contributed by atoms with E-state index in [1.54, 1.807) is 31.2 Å². The Labute approximate surface area is 187 Å². The summed E-state index contributed by atoms with van der Waals surface area (Å²) in [6, 6.07) is 11.2. The number of anilines is 1. The standard InChI is InChI=1S/C25H18F3NO4/c1-13-4-3-5-14(10-13)22-21(23(30)17-11-15(26)7-9-20(17)33-2)24(31)25(32)29(22)19-12-16(27)6-8-18(19)28/h3-12,22,30H,1-2H3/b23-21+. The summed E-state index contributed by atoms with van der Waals surface area (Å²) in [7, 11) is 1.29. The normalized spacial score (nSPS) is 17.5. The number of halogens is 3. The third kappa shape index (κ3) is 3.84. The molecule has 1 aliphatic heterocycles. The van der Waals surface area contributed by atoms with Gasteiger partial charge < -0.3 is 9.84 Å². The molecule has 5 nitrogen and oxygen atoms in total. The van der Waals surface area contributed by atoms with Crippen molar-refractivity contribution in [2.75, 3.05) is 12.0 Å². The van der Waals surface area contributed by atoms with Crippen LogP contribution >= 0.6 is 0 Å². The minimum absolute atomic E-state index is 0.0556. The van der Waals surface area contributed by atoms with Crippen LogP contribution in [0.1, 0.15) is 22.7 Å². The molecule has 0 bridgehead atoms. The van der Waals surface area contributed by atoms with E-state index in [0.29, 0.717) is 5.56 Å². The van der Waals surface area contributed by atoms with E-state index in [1.165, 1.54) is 13.2 Å². The van der Waals surface area contributed by atoms with Gasteiger partial charge in [-0.05, 0) is 42.8 Å². The van der Waals surface area contributed by atoms with Crippen molar-refractivity contribution < 1.29 is 32.6 Å². The summed E-state index contributed by atoms with van der Waals surface area (Å²) in [5.41, 5.74) is 0.107. The maximum atomic E-state index is 14.7. The Morgan fingerprint density at radius 2 is 1.67 bits per heavy atom. The lowest BCUT2D eigenvalue weighted by Gasteiger charge is -2.26. The number of methoxy groups -OCH3 is 1. The molecule has 4 rings (SSSR count). The number of aryl methyl sites for hydroxylation is 1. The summed E-state index contributed by atoms with van der Waals surface area (Å²) in [6.45, 7) is 1.77. The van der Waals surface area contributed by atoms with Crippen LogP contribution in [-0.2, 0) is 9.59 Å². The number of amides is 1. The van der Waals surface area contributed by atoms with Crippen molar-refractivity contribution in [1.82, 2.24) is 0 Å². The van der Waals surface area contributed by atoms with E-state index >= 15 is 0 Å². The van der Waals surface area contributed by atoms with Gasteiger partial charge in [0, 0.05) is 6.07 Å². The Kier molecular flexibility index (Phi) is 5.68. The van der Waals surface area contributed by atoms with E-state index in [1.807, 2.05) is 0 Å². The molecule has 8 heteroatoms. The van der Waals surface area contributed by atoms with Crippen LogP contribution in [0.2, 0.25) is 0 Å². The number of nitrogens with zero attached hydrogens (tertiary/aromatic N) is 1. The highest BCUT2D eigenvalue weighted by molar-refractivity contribution is 6.51. The average Bonchev–Trinajstić information content (AvgIpc) is 3.05. The highest BCUT2D eigenvalue weighted by Crippen LogP contribution is 2.44. The summed E-state index contributed by atoms with van der Waals surface area (Å²) in [6.07, 6.45) is 0. The van der Waals surface area contributed by atoms with Crippen LogP contribution in [0.4, 0.5) is 18.9 Å². The molecule has 3 aromatic rings. The van der Waals surface area contributed by atoms with Gasteiger partial charge in [-0.1, -0.05) is 29.8 Å². The maximum absolute atomic E-state index is 14.7. The third-order valence-electron chi connectivity index (χ3n) is 5.39. The number of Topliss-reactive ketones (excluding diaryl/α,β-unsaturated/α-hetero) is 1. The lowest BCUT2D eigenvalue weighted by Crippen LogP contribution is -2.30. The highest BCUT2D eigenvalue weighted by atomic mass is 19.1. The van der Waals surface area contributed by atoms with Gasteiger partial charge in [-0.15, -0.1) is 0 Å². The fourth-order valence-electron chi connectivity index (χ4n) is 3.92. The fraction of sp³-hybridized carbons (Fsp3) is 0.120. The topological polar surface area (TPSA) is 66.8 Å². The fourth-order valence-corrected chi connectivity index (χ4v) is 3.92. The second kappa shape index (κ2) is 8.46. The predicted octanol–water partition coefficient (Wildman–Crippen LogP) is 5.05. The molecule has 0 aliphatic carbocycles. The number of ketones is 1. The van der Waals surface area contributed by atoms with Gasteiger partial charge in [0.25, 0.3) is 11.7 Å². The van der Waals surface area contributed by atoms with Gasteiger partial charge in [0.15, 0.2) is 0 Å². The monoisotopic (exact) mass is 453 g/mol.